The number of nitrogens with zero attached hydrogens (tertiary/aromatic N) is 2. The van der Waals surface area contributed by atoms with Crippen molar-refractivity contribution >= 4 is 27.1 Å². The Labute approximate surface area is 128 Å². The molecule has 0 radical (unpaired) electrons. The van der Waals surface area contributed by atoms with E-state index in [4.69, 9.17) is 5.21 Å². The molecule has 3 rings (SSSR count). The summed E-state index contributed by atoms with van der Waals surface area (Å²) >= 11 is 0. The maximum atomic E-state index is 12.8. The standard InChI is InChI=1S/C16H14N2O3S/c1-12-5-7-14(8-6-12)22(20,21)18-10-9-15-13(11-17-19)3-2-4-16(15)18/h2-11,19H,1H3/b17-11+. The van der Waals surface area contributed by atoms with Gasteiger partial charge in [0.25, 0.3) is 10.0 Å². The molecule has 112 valence electrons. The van der Waals surface area contributed by atoms with Gasteiger partial charge in [0.2, 0.25) is 0 Å². The molecule has 0 aliphatic heterocycles. The van der Waals surface area contributed by atoms with Crippen molar-refractivity contribution < 1.29 is 13.6 Å². The summed E-state index contributed by atoms with van der Waals surface area (Å²) in [5.41, 5.74) is 2.19. The van der Waals surface area contributed by atoms with Gasteiger partial charge in [-0.2, -0.15) is 0 Å². The second kappa shape index (κ2) is 5.31. The minimum Gasteiger partial charge on any atom is -0.411 e. The molecule has 0 unspecified atom stereocenters. The van der Waals surface area contributed by atoms with Crippen LogP contribution in [0.3, 0.4) is 0 Å². The highest BCUT2D eigenvalue weighted by molar-refractivity contribution is 7.90. The predicted molar refractivity (Wildman–Crippen MR) is 85.1 cm³/mol. The quantitative estimate of drug-likeness (QED) is 0.459. The monoisotopic (exact) mass is 314 g/mol. The summed E-state index contributed by atoms with van der Waals surface area (Å²) in [5, 5.41) is 12.4. The highest BCUT2D eigenvalue weighted by Crippen LogP contribution is 2.24. The second-order valence-electron chi connectivity index (χ2n) is 4.95. The maximum absolute atomic E-state index is 12.8. The van der Waals surface area contributed by atoms with Crippen molar-refractivity contribution in [3.63, 3.8) is 0 Å². The topological polar surface area (TPSA) is 71.7 Å². The van der Waals surface area contributed by atoms with Gasteiger partial charge in [0, 0.05) is 17.1 Å². The first kappa shape index (κ1) is 14.3. The minimum atomic E-state index is -3.66. The molecule has 0 spiro atoms. The molecular formula is C16H14N2O3S. The van der Waals surface area contributed by atoms with E-state index in [2.05, 4.69) is 5.16 Å². The molecule has 0 aliphatic carbocycles. The van der Waals surface area contributed by atoms with E-state index in [1.807, 2.05) is 6.92 Å². The fourth-order valence-corrected chi connectivity index (χ4v) is 3.72. The molecule has 1 N–H and O–H groups in total. The molecule has 1 heterocycles. The van der Waals surface area contributed by atoms with E-state index in [9.17, 15) is 8.42 Å². The Morgan fingerprint density at radius 1 is 1.09 bits per heavy atom. The van der Waals surface area contributed by atoms with Crippen LogP contribution in [-0.4, -0.2) is 23.8 Å². The molecule has 0 fully saturated rings. The number of aryl methyl sites for hydroxylation is 1. The number of hydrogen-bond donors (Lipinski definition) is 1. The number of rotatable bonds is 3. The number of benzene rings is 2. The summed E-state index contributed by atoms with van der Waals surface area (Å²) in [6, 6.07) is 13.6. The summed E-state index contributed by atoms with van der Waals surface area (Å²) in [5.74, 6) is 0. The average molecular weight is 314 g/mol. The number of oxime groups is 1. The lowest BCUT2D eigenvalue weighted by Gasteiger charge is -2.08. The molecule has 6 heteroatoms. The van der Waals surface area contributed by atoms with Gasteiger partial charge in [-0.3, -0.25) is 0 Å². The summed E-state index contributed by atoms with van der Waals surface area (Å²) in [7, 11) is -3.66. The predicted octanol–water partition coefficient (Wildman–Crippen LogP) is 2.99. The van der Waals surface area contributed by atoms with Crippen LogP contribution < -0.4 is 0 Å². The Balaban J connectivity index is 2.22. The Hall–Kier alpha value is -2.60. The molecular weight excluding hydrogens is 300 g/mol. The third kappa shape index (κ3) is 2.27. The van der Waals surface area contributed by atoms with Crippen LogP contribution in [0.25, 0.3) is 10.9 Å². The van der Waals surface area contributed by atoms with Crippen molar-refractivity contribution in [3.8, 4) is 0 Å². The normalized spacial score (nSPS) is 12.2. The molecule has 0 amide bonds. The fourth-order valence-electron chi connectivity index (χ4n) is 2.37. The molecule has 1 aromatic heterocycles. The van der Waals surface area contributed by atoms with Crippen molar-refractivity contribution in [2.75, 3.05) is 0 Å². The van der Waals surface area contributed by atoms with Crippen molar-refractivity contribution in [1.82, 2.24) is 3.97 Å². The van der Waals surface area contributed by atoms with Gasteiger partial charge in [0.1, 0.15) is 0 Å². The second-order valence-corrected chi connectivity index (χ2v) is 6.77. The van der Waals surface area contributed by atoms with Gasteiger partial charge in [0.05, 0.1) is 16.6 Å². The van der Waals surface area contributed by atoms with Crippen molar-refractivity contribution in [2.45, 2.75) is 11.8 Å². The van der Waals surface area contributed by atoms with E-state index in [0.29, 0.717) is 16.5 Å². The first-order valence-corrected chi connectivity index (χ1v) is 8.08. The number of hydrogen-bond acceptors (Lipinski definition) is 4. The van der Waals surface area contributed by atoms with Crippen LogP contribution in [0.4, 0.5) is 0 Å². The van der Waals surface area contributed by atoms with Crippen LogP contribution in [0.2, 0.25) is 0 Å². The summed E-state index contributed by atoms with van der Waals surface area (Å²) < 4.78 is 26.8. The molecule has 0 saturated heterocycles. The van der Waals surface area contributed by atoms with Gasteiger partial charge in [-0.05, 0) is 31.2 Å². The van der Waals surface area contributed by atoms with Crippen LogP contribution in [0.5, 0.6) is 0 Å². The van der Waals surface area contributed by atoms with Crippen LogP contribution in [0.1, 0.15) is 11.1 Å². The summed E-state index contributed by atoms with van der Waals surface area (Å²) in [6.45, 7) is 1.90. The van der Waals surface area contributed by atoms with E-state index >= 15 is 0 Å². The van der Waals surface area contributed by atoms with Gasteiger partial charge in [-0.1, -0.05) is 35.0 Å². The Morgan fingerprint density at radius 2 is 1.82 bits per heavy atom. The lowest BCUT2D eigenvalue weighted by Crippen LogP contribution is -2.11. The largest absolute Gasteiger partial charge is 0.411 e. The molecule has 22 heavy (non-hydrogen) atoms. The zero-order valence-corrected chi connectivity index (χ0v) is 12.7. The van der Waals surface area contributed by atoms with E-state index < -0.39 is 10.0 Å². The molecule has 0 saturated carbocycles. The van der Waals surface area contributed by atoms with Crippen molar-refractivity contribution in [1.29, 1.82) is 0 Å². The van der Waals surface area contributed by atoms with Crippen LogP contribution in [0, 0.1) is 6.92 Å². The molecule has 0 atom stereocenters. The van der Waals surface area contributed by atoms with E-state index in [1.165, 1.54) is 16.4 Å². The third-order valence-corrected chi connectivity index (χ3v) is 5.21. The third-order valence-electron chi connectivity index (χ3n) is 3.51. The van der Waals surface area contributed by atoms with Crippen molar-refractivity contribution in [2.24, 2.45) is 5.16 Å². The van der Waals surface area contributed by atoms with Crippen LogP contribution >= 0.6 is 0 Å². The molecule has 3 aromatic rings. The lowest BCUT2D eigenvalue weighted by molar-refractivity contribution is 0.322. The highest BCUT2D eigenvalue weighted by atomic mass is 32.2. The molecule has 5 nitrogen and oxygen atoms in total. The SMILES string of the molecule is Cc1ccc(S(=O)(=O)n2ccc3c(/C=N/O)cccc32)cc1. The van der Waals surface area contributed by atoms with Gasteiger partial charge in [0.15, 0.2) is 0 Å². The fraction of sp³-hybridized carbons (Fsp3) is 0.0625. The number of fused-ring (bicyclic) bond motifs is 1. The smallest absolute Gasteiger partial charge is 0.268 e. The molecule has 2 aromatic carbocycles. The van der Waals surface area contributed by atoms with Crippen LogP contribution in [-0.2, 0) is 10.0 Å². The van der Waals surface area contributed by atoms with Crippen LogP contribution in [0.15, 0.2) is 64.8 Å². The maximum Gasteiger partial charge on any atom is 0.268 e. The Morgan fingerprint density at radius 3 is 2.50 bits per heavy atom. The Kier molecular flexibility index (Phi) is 3.46. The highest BCUT2D eigenvalue weighted by Gasteiger charge is 2.19. The van der Waals surface area contributed by atoms with Gasteiger partial charge >= 0.3 is 0 Å². The van der Waals surface area contributed by atoms with Crippen molar-refractivity contribution in [3.05, 3.63) is 65.9 Å². The summed E-state index contributed by atoms with van der Waals surface area (Å²) in [6.07, 6.45) is 2.79. The van der Waals surface area contributed by atoms with E-state index in [-0.39, 0.29) is 4.90 Å². The van der Waals surface area contributed by atoms with Gasteiger partial charge in [-0.25, -0.2) is 12.4 Å². The first-order chi connectivity index (χ1) is 10.5. The molecule has 0 aliphatic rings. The first-order valence-electron chi connectivity index (χ1n) is 6.64. The zero-order valence-electron chi connectivity index (χ0n) is 11.8. The number of aromatic nitrogens is 1. The van der Waals surface area contributed by atoms with E-state index in [1.54, 1.807) is 48.5 Å². The van der Waals surface area contributed by atoms with Gasteiger partial charge < -0.3 is 5.21 Å². The average Bonchev–Trinajstić information content (AvgIpc) is 2.94. The minimum absolute atomic E-state index is 0.233. The Bertz CT molecular complexity index is 955. The molecule has 0 bridgehead atoms. The van der Waals surface area contributed by atoms with E-state index in [0.717, 1.165) is 5.56 Å². The van der Waals surface area contributed by atoms with Gasteiger partial charge in [-0.15, -0.1) is 0 Å². The lowest BCUT2D eigenvalue weighted by atomic mass is 10.1. The zero-order chi connectivity index (χ0) is 15.7. The summed E-state index contributed by atoms with van der Waals surface area (Å²) in [4.78, 5) is 0.233.